The first-order chi connectivity index (χ1) is 8.61. The minimum absolute atomic E-state index is 0.0771. The molecular weight excluding hydrogens is 232 g/mol. The summed E-state index contributed by atoms with van der Waals surface area (Å²) in [5, 5.41) is 12.7. The van der Waals surface area contributed by atoms with Crippen LogP contribution in [-0.4, -0.2) is 26.6 Å². The van der Waals surface area contributed by atoms with E-state index in [2.05, 4.69) is 5.10 Å². The second-order valence-electron chi connectivity index (χ2n) is 3.80. The van der Waals surface area contributed by atoms with Gasteiger partial charge in [-0.2, -0.15) is 5.10 Å². The molecule has 0 bridgehead atoms. The Morgan fingerprint density at radius 1 is 1.22 bits per heavy atom. The van der Waals surface area contributed by atoms with Crippen LogP contribution in [0.3, 0.4) is 0 Å². The number of Topliss-reactive ketones (excluding diaryl/α,β-unsaturated/α-hetero) is 1. The molecule has 2 rings (SSSR count). The number of rotatable bonds is 4. The highest BCUT2D eigenvalue weighted by atomic mass is 16.4. The standard InChI is InChI=1S/C13H12N2O3/c1-2-12(16)9-3-5-11(6-4-9)15-8-10(7-14-15)13(17)18/h3-8H,2H2,1H3,(H,17,18). The molecule has 5 heteroatoms. The molecule has 0 aliphatic carbocycles. The highest BCUT2D eigenvalue weighted by Gasteiger charge is 2.08. The normalized spacial score (nSPS) is 10.3. The van der Waals surface area contributed by atoms with Crippen molar-refractivity contribution in [2.75, 3.05) is 0 Å². The minimum Gasteiger partial charge on any atom is -0.478 e. The van der Waals surface area contributed by atoms with E-state index >= 15 is 0 Å². The molecule has 1 aromatic heterocycles. The zero-order valence-electron chi connectivity index (χ0n) is 9.83. The van der Waals surface area contributed by atoms with Gasteiger partial charge < -0.3 is 5.11 Å². The topological polar surface area (TPSA) is 72.2 Å². The SMILES string of the molecule is CCC(=O)c1ccc(-n2cc(C(=O)O)cn2)cc1. The lowest BCUT2D eigenvalue weighted by molar-refractivity contribution is 0.0696. The van der Waals surface area contributed by atoms with Gasteiger partial charge in [-0.05, 0) is 24.3 Å². The van der Waals surface area contributed by atoms with E-state index in [-0.39, 0.29) is 11.3 Å². The van der Waals surface area contributed by atoms with Crippen molar-refractivity contribution in [1.82, 2.24) is 9.78 Å². The van der Waals surface area contributed by atoms with Crippen LogP contribution in [0.25, 0.3) is 5.69 Å². The zero-order valence-corrected chi connectivity index (χ0v) is 9.83. The van der Waals surface area contributed by atoms with Crippen molar-refractivity contribution in [3.05, 3.63) is 47.8 Å². The molecule has 0 atom stereocenters. The van der Waals surface area contributed by atoms with E-state index in [1.165, 1.54) is 17.1 Å². The Labute approximate surface area is 104 Å². The summed E-state index contributed by atoms with van der Waals surface area (Å²) < 4.78 is 1.46. The van der Waals surface area contributed by atoms with Crippen LogP contribution >= 0.6 is 0 Å². The Balaban J connectivity index is 2.28. The monoisotopic (exact) mass is 244 g/mol. The van der Waals surface area contributed by atoms with Gasteiger partial charge in [0.2, 0.25) is 0 Å². The van der Waals surface area contributed by atoms with Gasteiger partial charge in [0.05, 0.1) is 17.4 Å². The van der Waals surface area contributed by atoms with E-state index in [4.69, 9.17) is 5.11 Å². The van der Waals surface area contributed by atoms with Gasteiger partial charge in [0.1, 0.15) is 0 Å². The quantitative estimate of drug-likeness (QED) is 0.836. The Morgan fingerprint density at radius 2 is 1.89 bits per heavy atom. The van der Waals surface area contributed by atoms with E-state index in [9.17, 15) is 9.59 Å². The van der Waals surface area contributed by atoms with Crippen molar-refractivity contribution in [2.24, 2.45) is 0 Å². The zero-order chi connectivity index (χ0) is 13.1. The van der Waals surface area contributed by atoms with Crippen molar-refractivity contribution in [3.8, 4) is 5.69 Å². The molecule has 0 aliphatic heterocycles. The van der Waals surface area contributed by atoms with Gasteiger partial charge in [0.15, 0.2) is 5.78 Å². The number of hydrogen-bond acceptors (Lipinski definition) is 3. The lowest BCUT2D eigenvalue weighted by atomic mass is 10.1. The number of carbonyl (C=O) groups is 2. The third-order valence-electron chi connectivity index (χ3n) is 2.60. The molecule has 0 fully saturated rings. The van der Waals surface area contributed by atoms with E-state index in [0.29, 0.717) is 12.0 Å². The molecule has 1 aromatic carbocycles. The molecule has 0 aliphatic rings. The van der Waals surface area contributed by atoms with Crippen LogP contribution in [0.2, 0.25) is 0 Å². The Morgan fingerprint density at radius 3 is 2.39 bits per heavy atom. The number of hydrogen-bond donors (Lipinski definition) is 1. The second kappa shape index (κ2) is 4.83. The number of carboxylic acid groups (broad SMARTS) is 1. The minimum atomic E-state index is -1.01. The maximum absolute atomic E-state index is 11.5. The smallest absolute Gasteiger partial charge is 0.338 e. The summed E-state index contributed by atoms with van der Waals surface area (Å²) in [7, 11) is 0. The van der Waals surface area contributed by atoms with Crippen LogP contribution in [0.4, 0.5) is 0 Å². The largest absolute Gasteiger partial charge is 0.478 e. The molecule has 0 saturated carbocycles. The third kappa shape index (κ3) is 2.29. The number of aromatic nitrogens is 2. The highest BCUT2D eigenvalue weighted by molar-refractivity contribution is 5.96. The van der Waals surface area contributed by atoms with Crippen molar-refractivity contribution >= 4 is 11.8 Å². The molecule has 0 saturated heterocycles. The summed E-state index contributed by atoms with van der Waals surface area (Å²) >= 11 is 0. The highest BCUT2D eigenvalue weighted by Crippen LogP contribution is 2.11. The van der Waals surface area contributed by atoms with Gasteiger partial charge in [-0.15, -0.1) is 0 Å². The van der Waals surface area contributed by atoms with Gasteiger partial charge in [-0.25, -0.2) is 9.48 Å². The maximum Gasteiger partial charge on any atom is 0.338 e. The summed E-state index contributed by atoms with van der Waals surface area (Å²) in [5.74, 6) is -0.938. The molecule has 0 unspecified atom stereocenters. The average molecular weight is 244 g/mol. The lowest BCUT2D eigenvalue weighted by Crippen LogP contribution is -1.99. The van der Waals surface area contributed by atoms with Gasteiger partial charge >= 0.3 is 5.97 Å². The van der Waals surface area contributed by atoms with Crippen LogP contribution in [0, 0.1) is 0 Å². The summed E-state index contributed by atoms with van der Waals surface area (Å²) in [6.07, 6.45) is 3.18. The Bertz CT molecular complexity index is 585. The van der Waals surface area contributed by atoms with Crippen LogP contribution in [-0.2, 0) is 0 Å². The molecule has 18 heavy (non-hydrogen) atoms. The fraction of sp³-hybridized carbons (Fsp3) is 0.154. The summed E-state index contributed by atoms with van der Waals surface area (Å²) in [5.41, 5.74) is 1.49. The second-order valence-corrected chi connectivity index (χ2v) is 3.80. The molecular formula is C13H12N2O3. The first kappa shape index (κ1) is 12.0. The van der Waals surface area contributed by atoms with E-state index < -0.39 is 5.97 Å². The molecule has 1 heterocycles. The molecule has 0 spiro atoms. The molecule has 5 nitrogen and oxygen atoms in total. The number of aromatic carboxylic acids is 1. The van der Waals surface area contributed by atoms with Crippen molar-refractivity contribution in [1.29, 1.82) is 0 Å². The maximum atomic E-state index is 11.5. The summed E-state index contributed by atoms with van der Waals surface area (Å²) in [6, 6.07) is 6.90. The Kier molecular flexibility index (Phi) is 3.23. The molecule has 0 radical (unpaired) electrons. The van der Waals surface area contributed by atoms with Crippen molar-refractivity contribution in [2.45, 2.75) is 13.3 Å². The first-order valence-electron chi connectivity index (χ1n) is 5.53. The lowest BCUT2D eigenvalue weighted by Gasteiger charge is -2.02. The number of carboxylic acids is 1. The number of ketones is 1. The van der Waals surface area contributed by atoms with E-state index in [1.807, 2.05) is 6.92 Å². The first-order valence-corrected chi connectivity index (χ1v) is 5.53. The third-order valence-corrected chi connectivity index (χ3v) is 2.60. The predicted octanol–water partition coefficient (Wildman–Crippen LogP) is 2.16. The Hall–Kier alpha value is -2.43. The summed E-state index contributed by atoms with van der Waals surface area (Å²) in [4.78, 5) is 22.2. The summed E-state index contributed by atoms with van der Waals surface area (Å²) in [6.45, 7) is 1.81. The van der Waals surface area contributed by atoms with Crippen molar-refractivity contribution in [3.63, 3.8) is 0 Å². The average Bonchev–Trinajstić information content (AvgIpc) is 2.88. The van der Waals surface area contributed by atoms with Gasteiger partial charge in [0, 0.05) is 18.2 Å². The fourth-order valence-electron chi connectivity index (χ4n) is 1.58. The van der Waals surface area contributed by atoms with Crippen LogP contribution in [0.15, 0.2) is 36.7 Å². The fourth-order valence-corrected chi connectivity index (χ4v) is 1.58. The molecule has 92 valence electrons. The van der Waals surface area contributed by atoms with E-state index in [0.717, 1.165) is 5.69 Å². The number of benzene rings is 1. The van der Waals surface area contributed by atoms with Crippen LogP contribution < -0.4 is 0 Å². The number of nitrogens with zero attached hydrogens (tertiary/aromatic N) is 2. The van der Waals surface area contributed by atoms with Gasteiger partial charge in [0.25, 0.3) is 0 Å². The number of carbonyl (C=O) groups excluding carboxylic acids is 1. The molecule has 0 amide bonds. The molecule has 1 N–H and O–H groups in total. The van der Waals surface area contributed by atoms with Crippen LogP contribution in [0.1, 0.15) is 34.1 Å². The van der Waals surface area contributed by atoms with Gasteiger partial charge in [-0.3, -0.25) is 4.79 Å². The van der Waals surface area contributed by atoms with Crippen molar-refractivity contribution < 1.29 is 14.7 Å². The van der Waals surface area contributed by atoms with Crippen LogP contribution in [0.5, 0.6) is 0 Å². The van der Waals surface area contributed by atoms with E-state index in [1.54, 1.807) is 24.3 Å². The van der Waals surface area contributed by atoms with Gasteiger partial charge in [-0.1, -0.05) is 6.92 Å². The molecule has 2 aromatic rings. The predicted molar refractivity (Wildman–Crippen MR) is 65.1 cm³/mol.